The fraction of sp³-hybridized carbons (Fsp3) is 0.222. The van der Waals surface area contributed by atoms with E-state index in [1.807, 2.05) is 13.8 Å². The molecule has 0 unspecified atom stereocenters. The number of hydrogen-bond acceptors (Lipinski definition) is 4. The molecule has 0 radical (unpaired) electrons. The Kier molecular flexibility index (Phi) is 6.67. The highest BCUT2D eigenvalue weighted by Gasteiger charge is 2.13. The summed E-state index contributed by atoms with van der Waals surface area (Å²) >= 11 is 12.1. The summed E-state index contributed by atoms with van der Waals surface area (Å²) in [4.78, 5) is 12.0. The maximum atomic E-state index is 12.0. The van der Waals surface area contributed by atoms with Crippen LogP contribution in [0.25, 0.3) is 0 Å². The Hall–Kier alpha value is -2.24. The average Bonchev–Trinajstić information content (AvgIpc) is 2.56. The van der Waals surface area contributed by atoms with Gasteiger partial charge in [0.1, 0.15) is 0 Å². The minimum Gasteiger partial charge on any atom is -0.493 e. The van der Waals surface area contributed by atoms with Gasteiger partial charge in [0.15, 0.2) is 11.5 Å². The van der Waals surface area contributed by atoms with E-state index >= 15 is 0 Å². The van der Waals surface area contributed by atoms with Crippen LogP contribution in [-0.2, 0) is 0 Å². The largest absolute Gasteiger partial charge is 0.493 e. The zero-order chi connectivity index (χ0) is 18.4. The van der Waals surface area contributed by atoms with E-state index in [9.17, 15) is 4.79 Å². The van der Waals surface area contributed by atoms with Gasteiger partial charge in [-0.1, -0.05) is 29.3 Å². The van der Waals surface area contributed by atoms with Crippen molar-refractivity contribution >= 4 is 35.3 Å². The van der Waals surface area contributed by atoms with Gasteiger partial charge in [0, 0.05) is 10.6 Å². The molecule has 0 heterocycles. The fourth-order valence-electron chi connectivity index (χ4n) is 2.02. The lowest BCUT2D eigenvalue weighted by Gasteiger charge is -2.15. The summed E-state index contributed by atoms with van der Waals surface area (Å²) in [5.41, 5.74) is 3.51. The van der Waals surface area contributed by atoms with Gasteiger partial charge in [0.05, 0.1) is 24.5 Å². The molecule has 2 aromatic rings. The van der Waals surface area contributed by atoms with Crippen LogP contribution in [0.1, 0.15) is 29.8 Å². The van der Waals surface area contributed by atoms with Crippen LogP contribution in [-0.4, -0.2) is 25.3 Å². The summed E-state index contributed by atoms with van der Waals surface area (Å²) in [6, 6.07) is 9.99. The Morgan fingerprint density at radius 3 is 2.64 bits per heavy atom. The summed E-state index contributed by atoms with van der Waals surface area (Å²) in [5.74, 6) is 0.597. The fourth-order valence-corrected chi connectivity index (χ4v) is 2.48. The normalized spacial score (nSPS) is 11.0. The van der Waals surface area contributed by atoms with E-state index in [1.54, 1.807) is 36.4 Å². The summed E-state index contributed by atoms with van der Waals surface area (Å²) in [7, 11) is 1.53. The van der Waals surface area contributed by atoms with Gasteiger partial charge < -0.3 is 9.47 Å². The zero-order valence-electron chi connectivity index (χ0n) is 14.0. The van der Waals surface area contributed by atoms with Crippen molar-refractivity contribution in [2.45, 2.75) is 20.0 Å². The second-order valence-corrected chi connectivity index (χ2v) is 6.25. The standard InChI is InChI=1S/C18H18Cl2N2O3/c1-11(2)25-17-15(20)7-12(8-16(17)24-3)10-21-22-18(23)13-5-4-6-14(19)9-13/h4-11H,1-3H3,(H,22,23)/b21-10-. The minimum atomic E-state index is -0.364. The predicted molar refractivity (Wildman–Crippen MR) is 100 cm³/mol. The van der Waals surface area contributed by atoms with Crippen molar-refractivity contribution in [3.05, 3.63) is 57.6 Å². The zero-order valence-corrected chi connectivity index (χ0v) is 15.6. The Bertz CT molecular complexity index is 792. The molecule has 1 amide bonds. The third kappa shape index (κ3) is 5.37. The summed E-state index contributed by atoms with van der Waals surface area (Å²) in [5, 5.41) is 4.81. The van der Waals surface area contributed by atoms with Gasteiger partial charge in [-0.25, -0.2) is 5.43 Å². The molecule has 132 valence electrons. The topological polar surface area (TPSA) is 59.9 Å². The van der Waals surface area contributed by atoms with Crippen molar-refractivity contribution in [1.82, 2.24) is 5.43 Å². The highest BCUT2D eigenvalue weighted by atomic mass is 35.5. The smallest absolute Gasteiger partial charge is 0.271 e. The molecule has 1 N–H and O–H groups in total. The molecule has 0 saturated heterocycles. The Labute approximate surface area is 156 Å². The van der Waals surface area contributed by atoms with Gasteiger partial charge in [-0.3, -0.25) is 4.79 Å². The van der Waals surface area contributed by atoms with E-state index in [4.69, 9.17) is 32.7 Å². The lowest BCUT2D eigenvalue weighted by Crippen LogP contribution is -2.17. The maximum Gasteiger partial charge on any atom is 0.271 e. The number of amides is 1. The SMILES string of the molecule is COc1cc(/C=N\NC(=O)c2cccc(Cl)c2)cc(Cl)c1OC(C)C. The number of hydrazone groups is 1. The molecule has 5 nitrogen and oxygen atoms in total. The van der Waals surface area contributed by atoms with E-state index in [-0.39, 0.29) is 12.0 Å². The van der Waals surface area contributed by atoms with Crippen molar-refractivity contribution in [1.29, 1.82) is 0 Å². The van der Waals surface area contributed by atoms with E-state index in [1.165, 1.54) is 13.3 Å². The number of ether oxygens (including phenoxy) is 2. The first-order valence-electron chi connectivity index (χ1n) is 7.54. The minimum absolute atomic E-state index is 0.0390. The van der Waals surface area contributed by atoms with Crippen LogP contribution in [0, 0.1) is 0 Å². The van der Waals surface area contributed by atoms with Crippen molar-refractivity contribution in [3.8, 4) is 11.5 Å². The quantitative estimate of drug-likeness (QED) is 0.590. The Morgan fingerprint density at radius 2 is 2.00 bits per heavy atom. The Balaban J connectivity index is 2.13. The van der Waals surface area contributed by atoms with Crippen LogP contribution in [0.2, 0.25) is 10.0 Å². The van der Waals surface area contributed by atoms with Crippen molar-refractivity contribution in [3.63, 3.8) is 0 Å². The van der Waals surface area contributed by atoms with E-state index in [2.05, 4.69) is 10.5 Å². The number of rotatable bonds is 6. The number of nitrogens with one attached hydrogen (secondary N) is 1. The molecule has 0 spiro atoms. The number of hydrogen-bond donors (Lipinski definition) is 1. The first-order valence-corrected chi connectivity index (χ1v) is 8.29. The van der Waals surface area contributed by atoms with Gasteiger partial charge in [-0.2, -0.15) is 5.10 Å². The third-order valence-corrected chi connectivity index (χ3v) is 3.59. The van der Waals surface area contributed by atoms with Crippen LogP contribution in [0.5, 0.6) is 11.5 Å². The molecule has 0 aliphatic heterocycles. The lowest BCUT2D eigenvalue weighted by atomic mass is 10.2. The number of carbonyl (C=O) groups excluding carboxylic acids is 1. The molecular formula is C18H18Cl2N2O3. The number of nitrogens with zero attached hydrogens (tertiary/aromatic N) is 1. The molecule has 2 rings (SSSR count). The number of methoxy groups -OCH3 is 1. The second kappa shape index (κ2) is 8.74. The number of carbonyl (C=O) groups is 1. The first kappa shape index (κ1) is 19.1. The number of halogens is 2. The molecule has 0 aromatic heterocycles. The Morgan fingerprint density at radius 1 is 1.24 bits per heavy atom. The second-order valence-electron chi connectivity index (χ2n) is 5.41. The molecule has 7 heteroatoms. The molecule has 0 aliphatic carbocycles. The van der Waals surface area contributed by atoms with Crippen LogP contribution >= 0.6 is 23.2 Å². The predicted octanol–water partition coefficient (Wildman–Crippen LogP) is 4.55. The lowest BCUT2D eigenvalue weighted by molar-refractivity contribution is 0.0955. The summed E-state index contributed by atoms with van der Waals surface area (Å²) < 4.78 is 11.0. The number of benzene rings is 2. The van der Waals surface area contributed by atoms with Crippen LogP contribution in [0.4, 0.5) is 0 Å². The molecular weight excluding hydrogens is 363 g/mol. The third-order valence-electron chi connectivity index (χ3n) is 3.07. The highest BCUT2D eigenvalue weighted by Crippen LogP contribution is 2.36. The van der Waals surface area contributed by atoms with E-state index in [0.717, 1.165) is 0 Å². The summed E-state index contributed by atoms with van der Waals surface area (Å²) in [6.45, 7) is 3.80. The van der Waals surface area contributed by atoms with Crippen molar-refractivity contribution < 1.29 is 14.3 Å². The molecule has 0 fully saturated rings. The van der Waals surface area contributed by atoms with Crippen molar-refractivity contribution in [2.75, 3.05) is 7.11 Å². The first-order chi connectivity index (χ1) is 11.9. The van der Waals surface area contributed by atoms with Gasteiger partial charge in [-0.15, -0.1) is 0 Å². The molecule has 0 bridgehead atoms. The molecule has 0 saturated carbocycles. The van der Waals surface area contributed by atoms with Crippen LogP contribution in [0.3, 0.4) is 0 Å². The van der Waals surface area contributed by atoms with Gasteiger partial charge in [0.2, 0.25) is 0 Å². The van der Waals surface area contributed by atoms with Crippen molar-refractivity contribution in [2.24, 2.45) is 5.10 Å². The highest BCUT2D eigenvalue weighted by molar-refractivity contribution is 6.32. The van der Waals surface area contributed by atoms with Gasteiger partial charge >= 0.3 is 0 Å². The van der Waals surface area contributed by atoms with E-state index < -0.39 is 0 Å². The van der Waals surface area contributed by atoms with Gasteiger partial charge in [-0.05, 0) is 49.7 Å². The molecule has 2 aromatic carbocycles. The molecule has 25 heavy (non-hydrogen) atoms. The van der Waals surface area contributed by atoms with Crippen LogP contribution in [0.15, 0.2) is 41.5 Å². The monoisotopic (exact) mass is 380 g/mol. The molecule has 0 aliphatic rings. The maximum absolute atomic E-state index is 12.0. The molecule has 0 atom stereocenters. The summed E-state index contributed by atoms with van der Waals surface area (Å²) in [6.07, 6.45) is 1.43. The van der Waals surface area contributed by atoms with Crippen LogP contribution < -0.4 is 14.9 Å². The average molecular weight is 381 g/mol. The van der Waals surface area contributed by atoms with E-state index in [0.29, 0.717) is 32.7 Å². The van der Waals surface area contributed by atoms with Gasteiger partial charge in [0.25, 0.3) is 5.91 Å².